The van der Waals surface area contributed by atoms with Gasteiger partial charge in [-0.05, 0) is 23.6 Å². The number of carbonyl (C=O) groups excluding carboxylic acids is 2. The van der Waals surface area contributed by atoms with Crippen LogP contribution in [-0.2, 0) is 16.0 Å². The van der Waals surface area contributed by atoms with Gasteiger partial charge in [0.2, 0.25) is 11.8 Å². The smallest absolute Gasteiger partial charge is 0.239 e. The number of rotatable bonds is 4. The Labute approximate surface area is 142 Å². The third-order valence-electron chi connectivity index (χ3n) is 4.22. The van der Waals surface area contributed by atoms with Gasteiger partial charge in [0, 0.05) is 31.2 Å². The summed E-state index contributed by atoms with van der Waals surface area (Å²) in [5.74, 6) is 0.171. The number of piperazine rings is 1. The monoisotopic (exact) mass is 337 g/mol. The molecule has 0 radical (unpaired) electrons. The lowest BCUT2D eigenvalue weighted by molar-refractivity contribution is -0.140. The fourth-order valence-corrected chi connectivity index (χ4v) is 2.69. The second-order valence-electron chi connectivity index (χ2n) is 6.28. The molecule has 1 heterocycles. The molecule has 0 aliphatic carbocycles. The van der Waals surface area contributed by atoms with E-state index in [1.807, 2.05) is 26.0 Å². The van der Waals surface area contributed by atoms with Gasteiger partial charge in [0.05, 0.1) is 12.5 Å². The van der Waals surface area contributed by atoms with Gasteiger partial charge >= 0.3 is 0 Å². The maximum absolute atomic E-state index is 12.3. The topological polar surface area (TPSA) is 66.6 Å². The predicted octanol–water partition coefficient (Wildman–Crippen LogP) is 1.54. The first-order valence-electron chi connectivity index (χ1n) is 7.95. The van der Waals surface area contributed by atoms with Gasteiger partial charge in [-0.25, -0.2) is 0 Å². The number of nitrogens with two attached hydrogens (primary N) is 1. The Morgan fingerprint density at radius 1 is 1.09 bits per heavy atom. The minimum atomic E-state index is -0.466. The van der Waals surface area contributed by atoms with E-state index in [9.17, 15) is 9.59 Å². The van der Waals surface area contributed by atoms with Crippen LogP contribution in [0.25, 0.3) is 0 Å². The molecule has 2 amide bonds. The highest BCUT2D eigenvalue weighted by Gasteiger charge is 2.28. The molecule has 5 nitrogen and oxygen atoms in total. The lowest BCUT2D eigenvalue weighted by Crippen LogP contribution is -2.55. The van der Waals surface area contributed by atoms with Crippen LogP contribution < -0.4 is 5.73 Å². The Balaban J connectivity index is 1.85. The molecule has 2 rings (SSSR count). The van der Waals surface area contributed by atoms with Gasteiger partial charge < -0.3 is 15.5 Å². The summed E-state index contributed by atoms with van der Waals surface area (Å²) in [6, 6.07) is 6.83. The first-order valence-corrected chi connectivity index (χ1v) is 8.33. The molecule has 1 saturated heterocycles. The lowest BCUT2D eigenvalue weighted by Gasteiger charge is -2.36. The van der Waals surface area contributed by atoms with Crippen molar-refractivity contribution in [1.82, 2.24) is 9.80 Å². The van der Waals surface area contributed by atoms with Gasteiger partial charge in [0.25, 0.3) is 0 Å². The molecule has 0 spiro atoms. The van der Waals surface area contributed by atoms with Crippen LogP contribution in [-0.4, -0.2) is 53.8 Å². The molecule has 1 aliphatic rings. The van der Waals surface area contributed by atoms with Crippen molar-refractivity contribution in [2.75, 3.05) is 26.2 Å². The van der Waals surface area contributed by atoms with Crippen LogP contribution in [0, 0.1) is 5.92 Å². The van der Waals surface area contributed by atoms with Crippen LogP contribution in [0.1, 0.15) is 19.4 Å². The highest BCUT2D eigenvalue weighted by atomic mass is 35.5. The predicted molar refractivity (Wildman–Crippen MR) is 91.1 cm³/mol. The summed E-state index contributed by atoms with van der Waals surface area (Å²) in [4.78, 5) is 28.1. The molecule has 126 valence electrons. The maximum Gasteiger partial charge on any atom is 0.239 e. The fourth-order valence-electron chi connectivity index (χ4n) is 2.56. The first kappa shape index (κ1) is 17.8. The molecule has 23 heavy (non-hydrogen) atoms. The molecule has 1 aromatic rings. The summed E-state index contributed by atoms with van der Waals surface area (Å²) >= 11 is 5.85. The zero-order valence-electron chi connectivity index (χ0n) is 13.7. The molecule has 6 heteroatoms. The second kappa shape index (κ2) is 7.79. The molecule has 2 N–H and O–H groups in total. The molecule has 0 saturated carbocycles. The molecule has 1 aromatic carbocycles. The van der Waals surface area contributed by atoms with Crippen molar-refractivity contribution in [3.63, 3.8) is 0 Å². The van der Waals surface area contributed by atoms with Crippen LogP contribution in [0.15, 0.2) is 24.3 Å². The van der Waals surface area contributed by atoms with E-state index in [0.29, 0.717) is 37.6 Å². The summed E-state index contributed by atoms with van der Waals surface area (Å²) in [7, 11) is 0. The van der Waals surface area contributed by atoms with Gasteiger partial charge in [-0.1, -0.05) is 37.6 Å². The minimum absolute atomic E-state index is 0.0233. The van der Waals surface area contributed by atoms with Gasteiger partial charge in [-0.2, -0.15) is 0 Å². The molecule has 0 unspecified atom stereocenters. The second-order valence-corrected chi connectivity index (χ2v) is 6.72. The Hall–Kier alpha value is -1.59. The zero-order chi connectivity index (χ0) is 17.0. The Morgan fingerprint density at radius 2 is 1.61 bits per heavy atom. The molecular formula is C17H24ClN3O2. The standard InChI is InChI=1S/C17H24ClN3O2/c1-12(2)16(19)17(23)21-9-7-20(8-10-21)15(22)11-13-3-5-14(18)6-4-13/h3-6,12,16H,7-11,19H2,1-2H3/t16-/m0/s1. The Bertz CT molecular complexity index is 551. The quantitative estimate of drug-likeness (QED) is 0.906. The van der Waals surface area contributed by atoms with E-state index in [1.54, 1.807) is 21.9 Å². The summed E-state index contributed by atoms with van der Waals surface area (Å²) in [6.45, 7) is 6.09. The molecule has 1 aliphatic heterocycles. The SMILES string of the molecule is CC(C)[C@H](N)C(=O)N1CCN(C(=O)Cc2ccc(Cl)cc2)CC1. The molecule has 1 atom stereocenters. The highest BCUT2D eigenvalue weighted by Crippen LogP contribution is 2.12. The van der Waals surface area contributed by atoms with Crippen LogP contribution in [0.3, 0.4) is 0 Å². The third kappa shape index (κ3) is 4.69. The molecule has 0 aromatic heterocycles. The van der Waals surface area contributed by atoms with E-state index in [2.05, 4.69) is 0 Å². The van der Waals surface area contributed by atoms with Crippen molar-refractivity contribution >= 4 is 23.4 Å². The average Bonchev–Trinajstić information content (AvgIpc) is 2.55. The lowest BCUT2D eigenvalue weighted by atomic mass is 10.0. The molecule has 1 fully saturated rings. The van der Waals surface area contributed by atoms with Gasteiger partial charge in [0.15, 0.2) is 0 Å². The van der Waals surface area contributed by atoms with Gasteiger partial charge in [-0.15, -0.1) is 0 Å². The summed E-state index contributed by atoms with van der Waals surface area (Å²) in [6.07, 6.45) is 0.358. The molecule has 0 bridgehead atoms. The highest BCUT2D eigenvalue weighted by molar-refractivity contribution is 6.30. The largest absolute Gasteiger partial charge is 0.339 e. The summed E-state index contributed by atoms with van der Waals surface area (Å²) < 4.78 is 0. The number of benzene rings is 1. The zero-order valence-corrected chi connectivity index (χ0v) is 14.4. The van der Waals surface area contributed by atoms with Crippen molar-refractivity contribution in [2.45, 2.75) is 26.3 Å². The molecular weight excluding hydrogens is 314 g/mol. The first-order chi connectivity index (χ1) is 10.9. The Kier molecular flexibility index (Phi) is 6.02. The normalized spacial score (nSPS) is 16.6. The van der Waals surface area contributed by atoms with Gasteiger partial charge in [0.1, 0.15) is 0 Å². The number of hydrogen-bond donors (Lipinski definition) is 1. The van der Waals surface area contributed by atoms with Crippen LogP contribution >= 0.6 is 11.6 Å². The van der Waals surface area contributed by atoms with Crippen molar-refractivity contribution in [2.24, 2.45) is 11.7 Å². The van der Waals surface area contributed by atoms with E-state index in [0.717, 1.165) is 5.56 Å². The van der Waals surface area contributed by atoms with Gasteiger partial charge in [-0.3, -0.25) is 9.59 Å². The van der Waals surface area contributed by atoms with E-state index in [1.165, 1.54) is 0 Å². The number of amides is 2. The van der Waals surface area contributed by atoms with Crippen molar-refractivity contribution < 1.29 is 9.59 Å². The van der Waals surface area contributed by atoms with E-state index < -0.39 is 6.04 Å². The van der Waals surface area contributed by atoms with Crippen molar-refractivity contribution in [1.29, 1.82) is 0 Å². The van der Waals surface area contributed by atoms with E-state index in [4.69, 9.17) is 17.3 Å². The summed E-state index contributed by atoms with van der Waals surface area (Å²) in [5.41, 5.74) is 6.86. The Morgan fingerprint density at radius 3 is 2.13 bits per heavy atom. The number of halogens is 1. The van der Waals surface area contributed by atoms with Crippen LogP contribution in [0.4, 0.5) is 0 Å². The van der Waals surface area contributed by atoms with Crippen molar-refractivity contribution in [3.05, 3.63) is 34.9 Å². The van der Waals surface area contributed by atoms with E-state index >= 15 is 0 Å². The van der Waals surface area contributed by atoms with Crippen molar-refractivity contribution in [3.8, 4) is 0 Å². The third-order valence-corrected chi connectivity index (χ3v) is 4.47. The maximum atomic E-state index is 12.3. The van der Waals surface area contributed by atoms with Crippen LogP contribution in [0.5, 0.6) is 0 Å². The minimum Gasteiger partial charge on any atom is -0.339 e. The van der Waals surface area contributed by atoms with Crippen LogP contribution in [0.2, 0.25) is 5.02 Å². The number of hydrogen-bond acceptors (Lipinski definition) is 3. The summed E-state index contributed by atoms with van der Waals surface area (Å²) in [5, 5.41) is 0.662. The van der Waals surface area contributed by atoms with E-state index in [-0.39, 0.29) is 17.7 Å². The number of nitrogens with zero attached hydrogens (tertiary/aromatic N) is 2. The average molecular weight is 338 g/mol. The fraction of sp³-hybridized carbons (Fsp3) is 0.529. The number of carbonyl (C=O) groups is 2.